The Labute approximate surface area is 329 Å². The molecule has 0 saturated heterocycles. The van der Waals surface area contributed by atoms with Crippen LogP contribution in [0.2, 0.25) is 0 Å². The number of nitrogens with zero attached hydrogens (tertiary/aromatic N) is 2. The van der Waals surface area contributed by atoms with E-state index in [0.717, 1.165) is 28.4 Å². The molecule has 0 atom stereocenters. The number of hydrogen-bond acceptors (Lipinski definition) is 2. The van der Waals surface area contributed by atoms with Crippen LogP contribution in [-0.4, -0.2) is 0 Å². The lowest BCUT2D eigenvalue weighted by Gasteiger charge is -2.29. The van der Waals surface area contributed by atoms with Crippen LogP contribution >= 0.6 is 0 Å². The average molecular weight is 719 g/mol. The molecule has 2 heteroatoms. The van der Waals surface area contributed by atoms with E-state index >= 15 is 0 Å². The van der Waals surface area contributed by atoms with Gasteiger partial charge in [-0.15, -0.1) is 0 Å². The van der Waals surface area contributed by atoms with Crippen LogP contribution in [0, 0.1) is 6.92 Å². The van der Waals surface area contributed by atoms with Gasteiger partial charge in [0.25, 0.3) is 0 Å². The lowest BCUT2D eigenvalue weighted by atomic mass is 9.82. The Kier molecular flexibility index (Phi) is 8.08. The normalized spacial score (nSPS) is 12.7. The van der Waals surface area contributed by atoms with Crippen molar-refractivity contribution in [1.82, 2.24) is 0 Å². The fourth-order valence-corrected chi connectivity index (χ4v) is 8.79. The molecule has 0 aliphatic heterocycles. The Morgan fingerprint density at radius 1 is 0.357 bits per heavy atom. The van der Waals surface area contributed by atoms with Gasteiger partial charge in [-0.2, -0.15) is 0 Å². The van der Waals surface area contributed by atoms with Gasteiger partial charge in [-0.25, -0.2) is 0 Å². The van der Waals surface area contributed by atoms with Crippen LogP contribution in [0.15, 0.2) is 200 Å². The van der Waals surface area contributed by atoms with Gasteiger partial charge < -0.3 is 9.80 Å². The molecular weight excluding hydrogens is 677 g/mol. The summed E-state index contributed by atoms with van der Waals surface area (Å²) in [6.45, 7) is 6.93. The summed E-state index contributed by atoms with van der Waals surface area (Å²) >= 11 is 0. The first-order valence-corrected chi connectivity index (χ1v) is 19.5. The number of hydrogen-bond donors (Lipinski definition) is 0. The standard InChI is InChI=1S/C54H42N2/c1-37-13-11-20-45(33-37)55(44-27-25-39(26-28-44)42-24-23-38-14-7-8-16-41(38)34-42)46-29-31-49-50-32-30-47(36-52(50)54(2,3)51(49)35-46)56(43-18-5-4-6-19-43)53-22-12-17-40-15-9-10-21-48(40)53/h4-36H,1-3H3. The first kappa shape index (κ1) is 33.7. The summed E-state index contributed by atoms with van der Waals surface area (Å²) in [5, 5.41) is 4.97. The summed E-state index contributed by atoms with van der Waals surface area (Å²) in [6.07, 6.45) is 0. The third kappa shape index (κ3) is 5.74. The van der Waals surface area contributed by atoms with Crippen LogP contribution in [0.3, 0.4) is 0 Å². The fourth-order valence-electron chi connectivity index (χ4n) is 8.79. The first-order valence-electron chi connectivity index (χ1n) is 19.5. The molecule has 0 fully saturated rings. The number of para-hydroxylation sites is 1. The van der Waals surface area contributed by atoms with E-state index < -0.39 is 0 Å². The topological polar surface area (TPSA) is 6.48 Å². The molecule has 0 unspecified atom stereocenters. The second kappa shape index (κ2) is 13.4. The van der Waals surface area contributed by atoms with Gasteiger partial charge in [-0.3, -0.25) is 0 Å². The molecule has 1 aliphatic rings. The van der Waals surface area contributed by atoms with Crippen LogP contribution in [0.25, 0.3) is 43.8 Å². The lowest BCUT2D eigenvalue weighted by molar-refractivity contribution is 0.660. The number of anilines is 6. The molecule has 0 radical (unpaired) electrons. The monoisotopic (exact) mass is 718 g/mol. The molecule has 0 N–H and O–H groups in total. The maximum absolute atomic E-state index is 2.42. The summed E-state index contributed by atoms with van der Waals surface area (Å²) in [4.78, 5) is 4.81. The molecule has 0 heterocycles. The van der Waals surface area contributed by atoms with E-state index in [2.05, 4.69) is 231 Å². The van der Waals surface area contributed by atoms with Gasteiger partial charge in [0.1, 0.15) is 0 Å². The minimum absolute atomic E-state index is 0.226. The van der Waals surface area contributed by atoms with E-state index in [1.807, 2.05) is 0 Å². The van der Waals surface area contributed by atoms with Crippen LogP contribution in [0.1, 0.15) is 30.5 Å². The highest BCUT2D eigenvalue weighted by atomic mass is 15.1. The zero-order valence-electron chi connectivity index (χ0n) is 31.9. The highest BCUT2D eigenvalue weighted by Gasteiger charge is 2.37. The summed E-state index contributed by atoms with van der Waals surface area (Å²) in [7, 11) is 0. The zero-order valence-corrected chi connectivity index (χ0v) is 31.9. The highest BCUT2D eigenvalue weighted by molar-refractivity contribution is 5.99. The van der Waals surface area contributed by atoms with Crippen molar-refractivity contribution in [3.63, 3.8) is 0 Å². The van der Waals surface area contributed by atoms with E-state index in [0.29, 0.717) is 0 Å². The molecular formula is C54H42N2. The molecule has 2 nitrogen and oxygen atoms in total. The van der Waals surface area contributed by atoms with Gasteiger partial charge >= 0.3 is 0 Å². The van der Waals surface area contributed by atoms with Crippen molar-refractivity contribution < 1.29 is 0 Å². The van der Waals surface area contributed by atoms with Crippen molar-refractivity contribution in [3.8, 4) is 22.3 Å². The Bertz CT molecular complexity index is 2900. The molecule has 0 spiro atoms. The Balaban J connectivity index is 1.06. The SMILES string of the molecule is Cc1cccc(N(c2ccc(-c3ccc4ccccc4c3)cc2)c2ccc3c(c2)C(C)(C)c2cc(N(c4ccccc4)c4cccc5ccccc45)ccc2-3)c1. The second-order valence-electron chi connectivity index (χ2n) is 15.5. The van der Waals surface area contributed by atoms with Gasteiger partial charge in [0.2, 0.25) is 0 Å². The van der Waals surface area contributed by atoms with Gasteiger partial charge in [0, 0.05) is 39.2 Å². The van der Waals surface area contributed by atoms with E-state index in [-0.39, 0.29) is 5.41 Å². The minimum atomic E-state index is -0.226. The maximum atomic E-state index is 2.42. The maximum Gasteiger partial charge on any atom is 0.0540 e. The van der Waals surface area contributed by atoms with Crippen molar-refractivity contribution in [2.75, 3.05) is 9.80 Å². The van der Waals surface area contributed by atoms with E-state index in [1.54, 1.807) is 0 Å². The van der Waals surface area contributed by atoms with Crippen molar-refractivity contribution in [3.05, 3.63) is 217 Å². The first-order chi connectivity index (χ1) is 27.4. The van der Waals surface area contributed by atoms with Gasteiger partial charge in [-0.05, 0) is 135 Å². The Morgan fingerprint density at radius 2 is 0.893 bits per heavy atom. The highest BCUT2D eigenvalue weighted by Crippen LogP contribution is 2.53. The summed E-state index contributed by atoms with van der Waals surface area (Å²) in [6, 6.07) is 73.3. The van der Waals surface area contributed by atoms with E-state index in [9.17, 15) is 0 Å². The molecule has 0 aromatic heterocycles. The van der Waals surface area contributed by atoms with Crippen LogP contribution in [-0.2, 0) is 5.41 Å². The quantitative estimate of drug-likeness (QED) is 0.162. The minimum Gasteiger partial charge on any atom is -0.310 e. The largest absolute Gasteiger partial charge is 0.310 e. The number of rotatable bonds is 7. The number of benzene rings is 9. The van der Waals surface area contributed by atoms with Crippen LogP contribution in [0.4, 0.5) is 34.1 Å². The predicted molar refractivity (Wildman–Crippen MR) is 239 cm³/mol. The van der Waals surface area contributed by atoms with E-state index in [1.165, 1.54) is 66.2 Å². The molecule has 9 aromatic carbocycles. The Hall–Kier alpha value is -6.90. The molecule has 0 saturated carbocycles. The van der Waals surface area contributed by atoms with Crippen LogP contribution in [0.5, 0.6) is 0 Å². The number of fused-ring (bicyclic) bond motifs is 5. The van der Waals surface area contributed by atoms with Crippen molar-refractivity contribution >= 4 is 55.7 Å². The lowest BCUT2D eigenvalue weighted by Crippen LogP contribution is -2.17. The molecule has 0 bridgehead atoms. The molecule has 10 rings (SSSR count). The number of aryl methyl sites for hydroxylation is 1. The van der Waals surface area contributed by atoms with Crippen molar-refractivity contribution in [1.29, 1.82) is 0 Å². The van der Waals surface area contributed by atoms with Gasteiger partial charge in [-0.1, -0.05) is 141 Å². The predicted octanol–water partition coefficient (Wildman–Crippen LogP) is 15.2. The van der Waals surface area contributed by atoms with Crippen molar-refractivity contribution in [2.45, 2.75) is 26.2 Å². The fraction of sp³-hybridized carbons (Fsp3) is 0.0741. The molecule has 0 amide bonds. The molecule has 1 aliphatic carbocycles. The van der Waals surface area contributed by atoms with Crippen LogP contribution < -0.4 is 9.80 Å². The molecule has 56 heavy (non-hydrogen) atoms. The second-order valence-corrected chi connectivity index (χ2v) is 15.5. The zero-order chi connectivity index (χ0) is 37.8. The van der Waals surface area contributed by atoms with E-state index in [4.69, 9.17) is 0 Å². The summed E-state index contributed by atoms with van der Waals surface area (Å²) in [5.74, 6) is 0. The molecule has 9 aromatic rings. The van der Waals surface area contributed by atoms with Gasteiger partial charge in [0.05, 0.1) is 5.69 Å². The average Bonchev–Trinajstić information content (AvgIpc) is 3.46. The summed E-state index contributed by atoms with van der Waals surface area (Å²) < 4.78 is 0. The van der Waals surface area contributed by atoms with Gasteiger partial charge in [0.15, 0.2) is 0 Å². The Morgan fingerprint density at radius 3 is 1.62 bits per heavy atom. The third-order valence-corrected chi connectivity index (χ3v) is 11.6. The molecule has 268 valence electrons. The van der Waals surface area contributed by atoms with Crippen molar-refractivity contribution in [2.24, 2.45) is 0 Å². The smallest absolute Gasteiger partial charge is 0.0540 e. The third-order valence-electron chi connectivity index (χ3n) is 11.6. The summed E-state index contributed by atoms with van der Waals surface area (Å²) in [5.41, 5.74) is 15.6.